The number of hydrogen-bond donors (Lipinski definition) is 1. The standard InChI is InChI=1S/C15H17N3/c1-11-4-3-7-17-15(11)10-18-8-12-5-2-6-14(16)13(12)9-18/h2-7H,8-10,16H2,1H3. The van der Waals surface area contributed by atoms with E-state index in [1.54, 1.807) is 0 Å². The molecule has 0 fully saturated rings. The summed E-state index contributed by atoms with van der Waals surface area (Å²) in [6.07, 6.45) is 1.86. The minimum absolute atomic E-state index is 0.890. The summed E-state index contributed by atoms with van der Waals surface area (Å²) in [7, 11) is 0. The maximum atomic E-state index is 6.02. The van der Waals surface area contributed by atoms with Gasteiger partial charge in [-0.2, -0.15) is 0 Å². The van der Waals surface area contributed by atoms with Crippen molar-refractivity contribution in [3.8, 4) is 0 Å². The molecule has 1 aliphatic rings. The summed E-state index contributed by atoms with van der Waals surface area (Å²) >= 11 is 0. The van der Waals surface area contributed by atoms with Crippen molar-refractivity contribution in [3.05, 3.63) is 58.9 Å². The van der Waals surface area contributed by atoms with E-state index in [0.717, 1.165) is 31.0 Å². The van der Waals surface area contributed by atoms with E-state index in [-0.39, 0.29) is 0 Å². The van der Waals surface area contributed by atoms with Crippen LogP contribution < -0.4 is 5.73 Å². The van der Waals surface area contributed by atoms with Gasteiger partial charge in [-0.1, -0.05) is 18.2 Å². The van der Waals surface area contributed by atoms with E-state index in [2.05, 4.69) is 28.9 Å². The number of nitrogens with two attached hydrogens (primary N) is 1. The van der Waals surface area contributed by atoms with Crippen molar-refractivity contribution in [1.82, 2.24) is 9.88 Å². The first kappa shape index (κ1) is 11.2. The van der Waals surface area contributed by atoms with E-state index >= 15 is 0 Å². The Balaban J connectivity index is 1.79. The fraction of sp³-hybridized carbons (Fsp3) is 0.267. The molecule has 3 nitrogen and oxygen atoms in total. The number of nitrogens with zero attached hydrogens (tertiary/aromatic N) is 2. The van der Waals surface area contributed by atoms with Crippen molar-refractivity contribution in [2.75, 3.05) is 5.73 Å². The minimum Gasteiger partial charge on any atom is -0.398 e. The van der Waals surface area contributed by atoms with Gasteiger partial charge in [-0.05, 0) is 35.7 Å². The van der Waals surface area contributed by atoms with Crippen LogP contribution in [0.4, 0.5) is 5.69 Å². The van der Waals surface area contributed by atoms with Gasteiger partial charge in [-0.3, -0.25) is 9.88 Å². The lowest BCUT2D eigenvalue weighted by Crippen LogP contribution is -2.17. The number of rotatable bonds is 2. The smallest absolute Gasteiger partial charge is 0.0573 e. The lowest BCUT2D eigenvalue weighted by Gasteiger charge is -2.15. The Morgan fingerprint density at radius 3 is 2.89 bits per heavy atom. The number of nitrogen functional groups attached to an aromatic ring is 1. The van der Waals surface area contributed by atoms with Crippen LogP contribution >= 0.6 is 0 Å². The molecule has 2 heterocycles. The molecule has 0 bridgehead atoms. The van der Waals surface area contributed by atoms with Crippen molar-refractivity contribution in [1.29, 1.82) is 0 Å². The van der Waals surface area contributed by atoms with Crippen LogP contribution in [0, 0.1) is 6.92 Å². The van der Waals surface area contributed by atoms with Crippen LogP contribution in [-0.4, -0.2) is 9.88 Å². The zero-order chi connectivity index (χ0) is 12.5. The van der Waals surface area contributed by atoms with E-state index in [1.165, 1.54) is 16.7 Å². The fourth-order valence-corrected chi connectivity index (χ4v) is 2.52. The van der Waals surface area contributed by atoms with E-state index in [9.17, 15) is 0 Å². The third-order valence-corrected chi connectivity index (χ3v) is 3.58. The van der Waals surface area contributed by atoms with E-state index in [1.807, 2.05) is 24.4 Å². The number of anilines is 1. The predicted molar refractivity (Wildman–Crippen MR) is 72.8 cm³/mol. The molecule has 0 aliphatic carbocycles. The first-order chi connectivity index (χ1) is 8.74. The number of fused-ring (bicyclic) bond motifs is 1. The second-order valence-corrected chi connectivity index (χ2v) is 4.90. The molecular weight excluding hydrogens is 222 g/mol. The van der Waals surface area contributed by atoms with E-state index < -0.39 is 0 Å². The summed E-state index contributed by atoms with van der Waals surface area (Å²) in [5, 5.41) is 0. The van der Waals surface area contributed by atoms with Gasteiger partial charge in [0.25, 0.3) is 0 Å². The molecule has 2 N–H and O–H groups in total. The summed E-state index contributed by atoms with van der Waals surface area (Å²) in [5.41, 5.74) is 12.0. The third kappa shape index (κ3) is 1.97. The number of aromatic nitrogens is 1. The maximum absolute atomic E-state index is 6.02. The normalized spacial score (nSPS) is 14.7. The molecule has 2 aromatic rings. The molecule has 0 atom stereocenters. The summed E-state index contributed by atoms with van der Waals surface area (Å²) in [6, 6.07) is 10.3. The zero-order valence-electron chi connectivity index (χ0n) is 10.6. The van der Waals surface area contributed by atoms with Crippen LogP contribution in [0.25, 0.3) is 0 Å². The van der Waals surface area contributed by atoms with E-state index in [0.29, 0.717) is 0 Å². The van der Waals surface area contributed by atoms with Crippen LogP contribution in [-0.2, 0) is 19.6 Å². The zero-order valence-corrected chi connectivity index (χ0v) is 10.6. The highest BCUT2D eigenvalue weighted by atomic mass is 15.1. The average Bonchev–Trinajstić information content (AvgIpc) is 2.76. The molecule has 0 saturated carbocycles. The Morgan fingerprint density at radius 1 is 1.22 bits per heavy atom. The SMILES string of the molecule is Cc1cccnc1CN1Cc2cccc(N)c2C1. The van der Waals surface area contributed by atoms with Gasteiger partial charge >= 0.3 is 0 Å². The first-order valence-electron chi connectivity index (χ1n) is 6.23. The Kier molecular flexibility index (Phi) is 2.76. The lowest BCUT2D eigenvalue weighted by atomic mass is 10.1. The highest BCUT2D eigenvalue weighted by Gasteiger charge is 2.21. The van der Waals surface area contributed by atoms with Crippen molar-refractivity contribution in [2.45, 2.75) is 26.6 Å². The maximum Gasteiger partial charge on any atom is 0.0573 e. The Morgan fingerprint density at radius 2 is 2.11 bits per heavy atom. The van der Waals surface area contributed by atoms with Crippen LogP contribution in [0.15, 0.2) is 36.5 Å². The van der Waals surface area contributed by atoms with E-state index in [4.69, 9.17) is 5.73 Å². The summed E-state index contributed by atoms with van der Waals surface area (Å²) < 4.78 is 0. The van der Waals surface area contributed by atoms with Gasteiger partial charge in [-0.25, -0.2) is 0 Å². The molecule has 18 heavy (non-hydrogen) atoms. The van der Waals surface area contributed by atoms with Gasteiger partial charge in [-0.15, -0.1) is 0 Å². The number of aryl methyl sites for hydroxylation is 1. The molecule has 92 valence electrons. The molecule has 0 unspecified atom stereocenters. The molecular formula is C15H17N3. The topological polar surface area (TPSA) is 42.2 Å². The Hall–Kier alpha value is -1.87. The molecule has 1 aromatic heterocycles. The van der Waals surface area contributed by atoms with Crippen LogP contribution in [0.3, 0.4) is 0 Å². The molecule has 0 radical (unpaired) electrons. The van der Waals surface area contributed by atoms with Gasteiger partial charge in [0.1, 0.15) is 0 Å². The largest absolute Gasteiger partial charge is 0.398 e. The first-order valence-corrected chi connectivity index (χ1v) is 6.23. The van der Waals surface area contributed by atoms with Crippen molar-refractivity contribution in [2.24, 2.45) is 0 Å². The summed E-state index contributed by atoms with van der Waals surface area (Å²) in [5.74, 6) is 0. The Labute approximate surface area is 107 Å². The number of hydrogen-bond acceptors (Lipinski definition) is 3. The quantitative estimate of drug-likeness (QED) is 0.819. The van der Waals surface area contributed by atoms with Crippen molar-refractivity contribution >= 4 is 5.69 Å². The molecule has 0 saturated heterocycles. The van der Waals surface area contributed by atoms with Gasteiger partial charge in [0.2, 0.25) is 0 Å². The molecule has 1 aliphatic heterocycles. The van der Waals surface area contributed by atoms with Crippen LogP contribution in [0.1, 0.15) is 22.4 Å². The van der Waals surface area contributed by atoms with Gasteiger partial charge < -0.3 is 5.73 Å². The lowest BCUT2D eigenvalue weighted by molar-refractivity contribution is 0.271. The highest BCUT2D eigenvalue weighted by molar-refractivity contribution is 5.52. The second-order valence-electron chi connectivity index (χ2n) is 4.90. The number of pyridine rings is 1. The van der Waals surface area contributed by atoms with Crippen LogP contribution in [0.2, 0.25) is 0 Å². The minimum atomic E-state index is 0.890. The molecule has 0 spiro atoms. The molecule has 3 heteroatoms. The van der Waals surface area contributed by atoms with Gasteiger partial charge in [0, 0.05) is 31.5 Å². The fourth-order valence-electron chi connectivity index (χ4n) is 2.52. The second kappa shape index (κ2) is 4.42. The molecule has 0 amide bonds. The van der Waals surface area contributed by atoms with Crippen molar-refractivity contribution < 1.29 is 0 Å². The monoisotopic (exact) mass is 239 g/mol. The summed E-state index contributed by atoms with van der Waals surface area (Å²) in [6.45, 7) is 4.90. The highest BCUT2D eigenvalue weighted by Crippen LogP contribution is 2.28. The van der Waals surface area contributed by atoms with Gasteiger partial charge in [0.15, 0.2) is 0 Å². The van der Waals surface area contributed by atoms with Gasteiger partial charge in [0.05, 0.1) is 5.69 Å². The average molecular weight is 239 g/mol. The Bertz CT molecular complexity index is 578. The predicted octanol–water partition coefficient (Wildman–Crippen LogP) is 2.49. The number of benzene rings is 1. The third-order valence-electron chi connectivity index (χ3n) is 3.58. The molecule has 1 aromatic carbocycles. The van der Waals surface area contributed by atoms with Crippen LogP contribution in [0.5, 0.6) is 0 Å². The summed E-state index contributed by atoms with van der Waals surface area (Å²) in [4.78, 5) is 6.84. The molecule has 3 rings (SSSR count). The van der Waals surface area contributed by atoms with Crippen molar-refractivity contribution in [3.63, 3.8) is 0 Å².